The van der Waals surface area contributed by atoms with Crippen molar-refractivity contribution in [2.45, 2.75) is 58.6 Å². The second kappa shape index (κ2) is 6.93. The number of hydrogen-bond donors (Lipinski definition) is 1. The van der Waals surface area contributed by atoms with Gasteiger partial charge in [0.2, 0.25) is 0 Å². The molecule has 2 nitrogen and oxygen atoms in total. The van der Waals surface area contributed by atoms with Gasteiger partial charge in [-0.2, -0.15) is 0 Å². The maximum atomic E-state index is 5.90. The molecule has 4 atom stereocenters. The van der Waals surface area contributed by atoms with Crippen LogP contribution in [0.5, 0.6) is 0 Å². The fourth-order valence-electron chi connectivity index (χ4n) is 3.53. The number of hydrogen-bond acceptors (Lipinski definition) is 2. The molecule has 1 N–H and O–H groups in total. The van der Waals surface area contributed by atoms with Crippen LogP contribution in [0.1, 0.15) is 52.0 Å². The van der Waals surface area contributed by atoms with E-state index in [9.17, 15) is 0 Å². The highest BCUT2D eigenvalue weighted by Gasteiger charge is 2.48. The Morgan fingerprint density at radius 3 is 2.43 bits per heavy atom. The van der Waals surface area contributed by atoms with Crippen LogP contribution in [-0.4, -0.2) is 25.8 Å². The number of rotatable bonds is 7. The third kappa shape index (κ3) is 4.08. The van der Waals surface area contributed by atoms with Crippen LogP contribution in [0, 0.1) is 11.3 Å². The first-order valence-electron chi connectivity index (χ1n) is 8.30. The molecule has 1 aliphatic carbocycles. The summed E-state index contributed by atoms with van der Waals surface area (Å²) in [5.74, 6) is 1.39. The molecule has 1 aliphatic rings. The van der Waals surface area contributed by atoms with Crippen molar-refractivity contribution in [2.24, 2.45) is 11.3 Å². The molecular weight excluding hydrogens is 258 g/mol. The van der Waals surface area contributed by atoms with Crippen molar-refractivity contribution in [3.63, 3.8) is 0 Å². The van der Waals surface area contributed by atoms with Crippen LogP contribution >= 0.6 is 0 Å². The summed E-state index contributed by atoms with van der Waals surface area (Å²) >= 11 is 0. The summed E-state index contributed by atoms with van der Waals surface area (Å²) in [4.78, 5) is 0. The van der Waals surface area contributed by atoms with E-state index in [4.69, 9.17) is 4.74 Å². The molecule has 0 saturated heterocycles. The zero-order chi connectivity index (χ0) is 15.5. The number of ether oxygens (including phenoxy) is 1. The predicted octanol–water partition coefficient (Wildman–Crippen LogP) is 4.22. The van der Waals surface area contributed by atoms with E-state index in [2.05, 4.69) is 63.3 Å². The van der Waals surface area contributed by atoms with Crippen molar-refractivity contribution in [3.05, 3.63) is 35.9 Å². The molecule has 0 heterocycles. The van der Waals surface area contributed by atoms with E-state index in [1.807, 2.05) is 7.11 Å². The third-order valence-electron chi connectivity index (χ3n) is 4.59. The first-order valence-corrected chi connectivity index (χ1v) is 8.30. The summed E-state index contributed by atoms with van der Waals surface area (Å²) < 4.78 is 5.90. The van der Waals surface area contributed by atoms with Gasteiger partial charge < -0.3 is 10.1 Å². The lowest BCUT2D eigenvalue weighted by atomic mass is 9.82. The van der Waals surface area contributed by atoms with E-state index >= 15 is 0 Å². The fraction of sp³-hybridized carbons (Fsp3) is 0.684. The summed E-state index contributed by atoms with van der Waals surface area (Å²) in [6.45, 7) is 10.1. The Balaban J connectivity index is 2.11. The lowest BCUT2D eigenvalue weighted by Crippen LogP contribution is -2.49. The summed E-state index contributed by atoms with van der Waals surface area (Å²) in [6, 6.07) is 11.4. The van der Waals surface area contributed by atoms with E-state index < -0.39 is 0 Å². The molecule has 21 heavy (non-hydrogen) atoms. The Morgan fingerprint density at radius 2 is 1.90 bits per heavy atom. The van der Waals surface area contributed by atoms with E-state index in [0.717, 1.165) is 6.54 Å². The molecule has 0 radical (unpaired) electrons. The van der Waals surface area contributed by atoms with Crippen molar-refractivity contribution in [1.82, 2.24) is 5.32 Å². The molecule has 1 fully saturated rings. The Kier molecular flexibility index (Phi) is 5.45. The van der Waals surface area contributed by atoms with Crippen molar-refractivity contribution in [3.8, 4) is 0 Å². The first kappa shape index (κ1) is 16.5. The van der Waals surface area contributed by atoms with Gasteiger partial charge in [0.1, 0.15) is 0 Å². The minimum atomic E-state index is 0.157. The third-order valence-corrected chi connectivity index (χ3v) is 4.59. The van der Waals surface area contributed by atoms with E-state index in [0.29, 0.717) is 17.9 Å². The van der Waals surface area contributed by atoms with Gasteiger partial charge in [0, 0.05) is 13.2 Å². The molecule has 0 amide bonds. The lowest BCUT2D eigenvalue weighted by molar-refractivity contribution is -0.0171. The zero-order valence-electron chi connectivity index (χ0n) is 14.2. The van der Waals surface area contributed by atoms with Gasteiger partial charge in [-0.15, -0.1) is 0 Å². The predicted molar refractivity (Wildman–Crippen MR) is 89.6 cm³/mol. The first-order chi connectivity index (χ1) is 9.99. The Morgan fingerprint density at radius 1 is 1.24 bits per heavy atom. The highest BCUT2D eigenvalue weighted by molar-refractivity contribution is 5.27. The summed E-state index contributed by atoms with van der Waals surface area (Å²) in [6.07, 6.45) is 2.70. The molecule has 0 aromatic heterocycles. The molecule has 2 heteroatoms. The van der Waals surface area contributed by atoms with Gasteiger partial charge >= 0.3 is 0 Å². The smallest absolute Gasteiger partial charge is 0.0775 e. The van der Waals surface area contributed by atoms with Gasteiger partial charge in [0.25, 0.3) is 0 Å². The summed E-state index contributed by atoms with van der Waals surface area (Å²) in [5, 5.41) is 3.76. The van der Waals surface area contributed by atoms with Gasteiger partial charge in [-0.05, 0) is 42.2 Å². The van der Waals surface area contributed by atoms with Crippen LogP contribution in [0.4, 0.5) is 0 Å². The molecule has 118 valence electrons. The normalized spacial score (nSPS) is 24.6. The largest absolute Gasteiger partial charge is 0.379 e. The maximum Gasteiger partial charge on any atom is 0.0775 e. The molecule has 1 saturated carbocycles. The van der Waals surface area contributed by atoms with Gasteiger partial charge in [0.15, 0.2) is 0 Å². The van der Waals surface area contributed by atoms with E-state index in [-0.39, 0.29) is 11.5 Å². The average molecular weight is 289 g/mol. The SMILES string of the molecule is CCCNC(C1CC1c1ccccc1)C(OC)C(C)(C)C. The molecule has 2 rings (SSSR count). The van der Waals surface area contributed by atoms with Crippen molar-refractivity contribution >= 4 is 0 Å². The van der Waals surface area contributed by atoms with Crippen LogP contribution in [-0.2, 0) is 4.74 Å². The van der Waals surface area contributed by atoms with Crippen molar-refractivity contribution in [1.29, 1.82) is 0 Å². The molecule has 4 unspecified atom stereocenters. The van der Waals surface area contributed by atoms with Crippen LogP contribution in [0.15, 0.2) is 30.3 Å². The Hall–Kier alpha value is -0.860. The number of benzene rings is 1. The van der Waals surface area contributed by atoms with Crippen LogP contribution in [0.3, 0.4) is 0 Å². The molecule has 1 aromatic carbocycles. The maximum absolute atomic E-state index is 5.90. The minimum Gasteiger partial charge on any atom is -0.379 e. The van der Waals surface area contributed by atoms with Crippen LogP contribution in [0.25, 0.3) is 0 Å². The van der Waals surface area contributed by atoms with Gasteiger partial charge in [-0.3, -0.25) is 0 Å². The zero-order valence-corrected chi connectivity index (χ0v) is 14.2. The second-order valence-corrected chi connectivity index (χ2v) is 7.42. The topological polar surface area (TPSA) is 21.3 Å². The van der Waals surface area contributed by atoms with Gasteiger partial charge in [0.05, 0.1) is 6.10 Å². The van der Waals surface area contributed by atoms with Crippen LogP contribution < -0.4 is 5.32 Å². The van der Waals surface area contributed by atoms with Crippen LogP contribution in [0.2, 0.25) is 0 Å². The lowest BCUT2D eigenvalue weighted by Gasteiger charge is -2.37. The van der Waals surface area contributed by atoms with E-state index in [1.165, 1.54) is 18.4 Å². The fourth-order valence-corrected chi connectivity index (χ4v) is 3.53. The summed E-state index contributed by atoms with van der Waals surface area (Å²) in [7, 11) is 1.86. The van der Waals surface area contributed by atoms with Gasteiger partial charge in [-0.1, -0.05) is 58.0 Å². The molecule has 0 spiro atoms. The molecule has 1 aromatic rings. The van der Waals surface area contributed by atoms with Crippen molar-refractivity contribution < 1.29 is 4.74 Å². The standard InChI is InChI=1S/C19H31NO/c1-6-12-20-17(18(21-5)19(2,3)4)16-13-15(16)14-10-8-7-9-11-14/h7-11,15-18,20H,6,12-13H2,1-5H3. The second-order valence-electron chi connectivity index (χ2n) is 7.42. The Labute approximate surface area is 130 Å². The van der Waals surface area contributed by atoms with Gasteiger partial charge in [-0.25, -0.2) is 0 Å². The number of nitrogens with one attached hydrogen (secondary N) is 1. The summed E-state index contributed by atoms with van der Waals surface area (Å²) in [5.41, 5.74) is 1.64. The highest BCUT2D eigenvalue weighted by atomic mass is 16.5. The quantitative estimate of drug-likeness (QED) is 0.811. The monoisotopic (exact) mass is 289 g/mol. The average Bonchev–Trinajstić information content (AvgIpc) is 3.23. The number of methoxy groups -OCH3 is 1. The highest BCUT2D eigenvalue weighted by Crippen LogP contribution is 2.51. The molecule has 0 aliphatic heterocycles. The Bertz CT molecular complexity index is 423. The minimum absolute atomic E-state index is 0.157. The molecular formula is C19H31NO. The van der Waals surface area contributed by atoms with E-state index in [1.54, 1.807) is 0 Å². The van der Waals surface area contributed by atoms with Crippen molar-refractivity contribution in [2.75, 3.05) is 13.7 Å². The molecule has 0 bridgehead atoms.